The lowest BCUT2D eigenvalue weighted by Crippen LogP contribution is -2.41. The first-order chi connectivity index (χ1) is 16.2. The van der Waals surface area contributed by atoms with Crippen molar-refractivity contribution in [1.82, 2.24) is 14.6 Å². The van der Waals surface area contributed by atoms with Crippen molar-refractivity contribution in [2.75, 3.05) is 19.0 Å². The monoisotopic (exact) mass is 487 g/mol. The number of nitrogens with one attached hydrogen (secondary N) is 1. The highest BCUT2D eigenvalue weighted by Gasteiger charge is 2.27. The van der Waals surface area contributed by atoms with Crippen LogP contribution in [0.5, 0.6) is 0 Å². The average molecular weight is 488 g/mol. The number of fused-ring (bicyclic) bond motifs is 1. The largest absolute Gasteiger partial charge is 0.465 e. The molecule has 0 spiro atoms. The molecule has 0 aliphatic rings. The van der Waals surface area contributed by atoms with Gasteiger partial charge in [-0.25, -0.2) is 22.9 Å². The van der Waals surface area contributed by atoms with Crippen molar-refractivity contribution in [3.05, 3.63) is 66.1 Å². The van der Waals surface area contributed by atoms with Crippen molar-refractivity contribution in [2.45, 2.75) is 32.6 Å². The average Bonchev–Trinajstić information content (AvgIpc) is 3.24. The molecule has 1 heterocycles. The standard InChI is InChI=1S/C24H29N3O6S/c1-17(2)13-15-27(24(29)30)16-34(31,32)25-14-12-19(18-8-4-3-5-9-18)22(28)23-26-20-10-6-7-11-21(20)33-23/h3-11,17,19,25H,12-16H2,1-2H3,(H,29,30). The van der Waals surface area contributed by atoms with Gasteiger partial charge >= 0.3 is 6.09 Å². The highest BCUT2D eigenvalue weighted by molar-refractivity contribution is 7.89. The molecule has 1 amide bonds. The summed E-state index contributed by atoms with van der Waals surface area (Å²) >= 11 is 0. The second kappa shape index (κ2) is 11.3. The van der Waals surface area contributed by atoms with Crippen molar-refractivity contribution >= 4 is 33.0 Å². The van der Waals surface area contributed by atoms with Crippen LogP contribution in [0.1, 0.15) is 48.9 Å². The quantitative estimate of drug-likeness (QED) is 0.368. The summed E-state index contributed by atoms with van der Waals surface area (Å²) < 4.78 is 33.1. The van der Waals surface area contributed by atoms with Gasteiger partial charge in [0.2, 0.25) is 15.8 Å². The maximum Gasteiger partial charge on any atom is 0.408 e. The first kappa shape index (κ1) is 25.4. The number of aromatic nitrogens is 1. The molecule has 0 bridgehead atoms. The Morgan fingerprint density at radius 3 is 2.38 bits per heavy atom. The van der Waals surface area contributed by atoms with Crippen molar-refractivity contribution in [2.24, 2.45) is 5.92 Å². The number of hydrogen-bond donors (Lipinski definition) is 2. The van der Waals surface area contributed by atoms with E-state index in [2.05, 4.69) is 9.71 Å². The topological polar surface area (TPSA) is 130 Å². The van der Waals surface area contributed by atoms with Crippen LogP contribution in [0.3, 0.4) is 0 Å². The number of benzene rings is 2. The molecule has 0 saturated carbocycles. The van der Waals surface area contributed by atoms with Gasteiger partial charge in [0.1, 0.15) is 11.4 Å². The smallest absolute Gasteiger partial charge is 0.408 e. The lowest BCUT2D eigenvalue weighted by Gasteiger charge is -2.21. The van der Waals surface area contributed by atoms with Crippen molar-refractivity contribution < 1.29 is 27.5 Å². The zero-order valence-electron chi connectivity index (χ0n) is 19.2. The third kappa shape index (κ3) is 6.88. The Bertz CT molecular complexity index is 1190. The van der Waals surface area contributed by atoms with E-state index in [4.69, 9.17) is 4.42 Å². The van der Waals surface area contributed by atoms with Gasteiger partial charge in [0.15, 0.2) is 5.58 Å². The molecular weight excluding hydrogens is 458 g/mol. The van der Waals surface area contributed by atoms with Crippen LogP contribution >= 0.6 is 0 Å². The number of ketones is 1. The van der Waals surface area contributed by atoms with E-state index in [1.54, 1.807) is 48.5 Å². The van der Waals surface area contributed by atoms with Gasteiger partial charge in [0, 0.05) is 13.1 Å². The SMILES string of the molecule is CC(C)CCN(CS(=O)(=O)NCCC(C(=O)c1nc2ccccc2o1)c1ccccc1)C(=O)O. The fourth-order valence-electron chi connectivity index (χ4n) is 3.50. The molecule has 1 unspecified atom stereocenters. The minimum Gasteiger partial charge on any atom is -0.465 e. The maximum atomic E-state index is 13.3. The summed E-state index contributed by atoms with van der Waals surface area (Å²) in [5.41, 5.74) is 1.76. The molecule has 1 aromatic heterocycles. The minimum atomic E-state index is -3.92. The van der Waals surface area contributed by atoms with Crippen LogP contribution in [0.25, 0.3) is 11.1 Å². The number of Topliss-reactive ketones (excluding diaryl/α,β-unsaturated/α-hetero) is 1. The van der Waals surface area contributed by atoms with Gasteiger partial charge < -0.3 is 9.52 Å². The Labute approximate surface area is 198 Å². The number of carbonyl (C=O) groups is 2. The molecule has 3 rings (SSSR count). The molecule has 2 aromatic carbocycles. The van der Waals surface area contributed by atoms with Crippen LogP contribution < -0.4 is 4.72 Å². The van der Waals surface area contributed by atoms with Crippen molar-refractivity contribution in [3.8, 4) is 0 Å². The van der Waals surface area contributed by atoms with E-state index in [0.29, 0.717) is 23.1 Å². The van der Waals surface area contributed by atoms with E-state index < -0.39 is 27.9 Å². The minimum absolute atomic E-state index is 0.0383. The highest BCUT2D eigenvalue weighted by atomic mass is 32.2. The number of oxazole rings is 1. The zero-order chi connectivity index (χ0) is 24.7. The van der Waals surface area contributed by atoms with Gasteiger partial charge in [-0.2, -0.15) is 0 Å². The Hall–Kier alpha value is -3.24. The summed E-state index contributed by atoms with van der Waals surface area (Å²) in [7, 11) is -3.92. The van der Waals surface area contributed by atoms with Gasteiger partial charge in [0.25, 0.3) is 5.89 Å². The van der Waals surface area contributed by atoms with Crippen LogP contribution in [0.4, 0.5) is 4.79 Å². The van der Waals surface area contributed by atoms with E-state index in [9.17, 15) is 23.1 Å². The first-order valence-electron chi connectivity index (χ1n) is 11.1. The second-order valence-corrected chi connectivity index (χ2v) is 10.2. The summed E-state index contributed by atoms with van der Waals surface area (Å²) in [4.78, 5) is 29.9. The Balaban J connectivity index is 1.71. The molecular formula is C24H29N3O6S. The fraction of sp³-hybridized carbons (Fsp3) is 0.375. The Morgan fingerprint density at radius 1 is 1.06 bits per heavy atom. The number of hydrogen-bond acceptors (Lipinski definition) is 6. The van der Waals surface area contributed by atoms with E-state index in [1.807, 2.05) is 19.9 Å². The normalized spacial score (nSPS) is 12.7. The van der Waals surface area contributed by atoms with Gasteiger partial charge in [-0.1, -0.05) is 56.3 Å². The molecule has 0 fully saturated rings. The van der Waals surface area contributed by atoms with Gasteiger partial charge in [-0.15, -0.1) is 0 Å². The summed E-state index contributed by atoms with van der Waals surface area (Å²) in [6.07, 6.45) is -0.587. The third-order valence-electron chi connectivity index (χ3n) is 5.35. The fourth-order valence-corrected chi connectivity index (χ4v) is 4.67. The lowest BCUT2D eigenvalue weighted by molar-refractivity contribution is 0.0923. The second-order valence-electron chi connectivity index (χ2n) is 8.47. The number of carboxylic acid groups (broad SMARTS) is 1. The van der Waals surface area contributed by atoms with E-state index >= 15 is 0 Å². The molecule has 0 radical (unpaired) electrons. The molecule has 0 aliphatic heterocycles. The van der Waals surface area contributed by atoms with E-state index in [1.165, 1.54) is 0 Å². The van der Waals surface area contributed by atoms with E-state index in [0.717, 1.165) is 4.90 Å². The van der Waals surface area contributed by atoms with Crippen LogP contribution in [0, 0.1) is 5.92 Å². The molecule has 182 valence electrons. The Kier molecular flexibility index (Phi) is 8.41. The molecule has 9 nitrogen and oxygen atoms in total. The number of rotatable bonds is 12. The number of sulfonamides is 1. The lowest BCUT2D eigenvalue weighted by atomic mass is 9.91. The molecule has 1 atom stereocenters. The molecule has 3 aromatic rings. The molecule has 0 saturated heterocycles. The highest BCUT2D eigenvalue weighted by Crippen LogP contribution is 2.26. The number of carbonyl (C=O) groups excluding carboxylic acids is 1. The van der Waals surface area contributed by atoms with Crippen LogP contribution in [0.15, 0.2) is 59.0 Å². The molecule has 34 heavy (non-hydrogen) atoms. The van der Waals surface area contributed by atoms with E-state index in [-0.39, 0.29) is 37.1 Å². The Morgan fingerprint density at radius 2 is 1.74 bits per heavy atom. The van der Waals surface area contributed by atoms with Gasteiger partial charge in [-0.05, 0) is 36.5 Å². The first-order valence-corrected chi connectivity index (χ1v) is 12.7. The van der Waals surface area contributed by atoms with Crippen molar-refractivity contribution in [3.63, 3.8) is 0 Å². The van der Waals surface area contributed by atoms with Crippen LogP contribution in [-0.4, -0.2) is 54.3 Å². The number of amides is 1. The summed E-state index contributed by atoms with van der Waals surface area (Å²) in [5.74, 6) is -1.51. The molecule has 0 aliphatic carbocycles. The zero-order valence-corrected chi connectivity index (χ0v) is 20.0. The molecule has 10 heteroatoms. The predicted molar refractivity (Wildman–Crippen MR) is 128 cm³/mol. The maximum absolute atomic E-state index is 13.3. The van der Waals surface area contributed by atoms with Crippen LogP contribution in [0.2, 0.25) is 0 Å². The number of para-hydroxylation sites is 2. The summed E-state index contributed by atoms with van der Waals surface area (Å²) in [6, 6.07) is 16.0. The third-order valence-corrected chi connectivity index (χ3v) is 6.65. The van der Waals surface area contributed by atoms with Gasteiger partial charge in [0.05, 0.1) is 5.92 Å². The summed E-state index contributed by atoms with van der Waals surface area (Å²) in [6.45, 7) is 3.94. The van der Waals surface area contributed by atoms with Crippen molar-refractivity contribution in [1.29, 1.82) is 0 Å². The van der Waals surface area contributed by atoms with Crippen LogP contribution in [-0.2, 0) is 10.0 Å². The summed E-state index contributed by atoms with van der Waals surface area (Å²) in [5, 5.41) is 9.34. The molecule has 2 N–H and O–H groups in total. The van der Waals surface area contributed by atoms with Gasteiger partial charge in [-0.3, -0.25) is 9.69 Å². The number of nitrogens with zero attached hydrogens (tertiary/aromatic N) is 2. The predicted octanol–water partition coefficient (Wildman–Crippen LogP) is 4.09.